The van der Waals surface area contributed by atoms with Crippen molar-refractivity contribution >= 4 is 28.5 Å². The Labute approximate surface area is 83.1 Å². The van der Waals surface area contributed by atoms with E-state index in [9.17, 15) is 9.18 Å². The number of halogens is 2. The molecular formula is C8H7FINO. The number of amides is 1. The lowest BCUT2D eigenvalue weighted by molar-refractivity contribution is -0.117. The molecule has 1 unspecified atom stereocenters. The number of carbonyl (C=O) groups is 1. The molecule has 64 valence electrons. The first-order chi connectivity index (χ1) is 5.63. The van der Waals surface area contributed by atoms with Gasteiger partial charge in [-0.2, -0.15) is 0 Å². The molecule has 0 radical (unpaired) electrons. The number of alkyl halides is 1. The summed E-state index contributed by atoms with van der Waals surface area (Å²) in [6, 6.07) is 6.11. The summed E-state index contributed by atoms with van der Waals surface area (Å²) < 4.78 is 12.4. The second-order valence-corrected chi connectivity index (χ2v) is 3.53. The van der Waals surface area contributed by atoms with Gasteiger partial charge in [-0.1, -0.05) is 40.8 Å². The SMILES string of the molecule is NC(=O)C(I)c1ccccc1F. The van der Waals surface area contributed by atoms with Gasteiger partial charge in [0.1, 0.15) is 9.74 Å². The van der Waals surface area contributed by atoms with E-state index in [0.717, 1.165) is 0 Å². The van der Waals surface area contributed by atoms with Gasteiger partial charge in [0.2, 0.25) is 5.91 Å². The standard InChI is InChI=1S/C8H7FINO/c9-6-4-2-1-3-5(6)7(10)8(11)12/h1-4,7H,(H2,11,12). The molecule has 0 aliphatic heterocycles. The van der Waals surface area contributed by atoms with Gasteiger partial charge >= 0.3 is 0 Å². The summed E-state index contributed by atoms with van der Waals surface area (Å²) in [4.78, 5) is 10.7. The summed E-state index contributed by atoms with van der Waals surface area (Å²) in [5.74, 6) is -0.920. The minimum atomic E-state index is -0.594. The monoisotopic (exact) mass is 279 g/mol. The van der Waals surface area contributed by atoms with Crippen LogP contribution in [0.4, 0.5) is 4.39 Å². The van der Waals surface area contributed by atoms with Gasteiger partial charge in [-0.05, 0) is 6.07 Å². The lowest BCUT2D eigenvalue weighted by atomic mass is 10.1. The highest BCUT2D eigenvalue weighted by Crippen LogP contribution is 2.24. The maximum Gasteiger partial charge on any atom is 0.234 e. The Morgan fingerprint density at radius 3 is 2.58 bits per heavy atom. The van der Waals surface area contributed by atoms with E-state index in [1.54, 1.807) is 18.2 Å². The Balaban J connectivity index is 3.02. The third kappa shape index (κ3) is 1.94. The van der Waals surface area contributed by atoms with Crippen molar-refractivity contribution < 1.29 is 9.18 Å². The quantitative estimate of drug-likeness (QED) is 0.651. The van der Waals surface area contributed by atoms with Crippen LogP contribution in [-0.4, -0.2) is 5.91 Å². The number of hydrogen-bond donors (Lipinski definition) is 1. The van der Waals surface area contributed by atoms with Crippen LogP contribution in [0, 0.1) is 5.82 Å². The smallest absolute Gasteiger partial charge is 0.234 e. The van der Waals surface area contributed by atoms with Crippen LogP contribution in [0.15, 0.2) is 24.3 Å². The van der Waals surface area contributed by atoms with Crippen molar-refractivity contribution in [1.29, 1.82) is 0 Å². The molecule has 0 saturated heterocycles. The fourth-order valence-corrected chi connectivity index (χ4v) is 1.34. The van der Waals surface area contributed by atoms with Crippen molar-refractivity contribution in [3.05, 3.63) is 35.6 Å². The first kappa shape index (κ1) is 9.44. The van der Waals surface area contributed by atoms with Crippen LogP contribution in [0.5, 0.6) is 0 Å². The molecule has 1 atom stereocenters. The Kier molecular flexibility index (Phi) is 3.02. The summed E-state index contributed by atoms with van der Waals surface area (Å²) in [6.45, 7) is 0. The largest absolute Gasteiger partial charge is 0.368 e. The molecule has 1 aromatic rings. The van der Waals surface area contributed by atoms with Crippen molar-refractivity contribution in [2.24, 2.45) is 5.73 Å². The molecule has 12 heavy (non-hydrogen) atoms. The highest BCUT2D eigenvalue weighted by atomic mass is 127. The average molecular weight is 279 g/mol. The normalized spacial score (nSPS) is 12.5. The number of hydrogen-bond acceptors (Lipinski definition) is 1. The Hall–Kier alpha value is -0.650. The van der Waals surface area contributed by atoms with Gasteiger partial charge in [0.05, 0.1) is 0 Å². The molecule has 0 aliphatic rings. The van der Waals surface area contributed by atoms with Crippen LogP contribution in [0.25, 0.3) is 0 Å². The van der Waals surface area contributed by atoms with Gasteiger partial charge < -0.3 is 5.73 Å². The molecule has 2 N–H and O–H groups in total. The van der Waals surface area contributed by atoms with Gasteiger partial charge in [0, 0.05) is 5.56 Å². The maximum atomic E-state index is 13.0. The van der Waals surface area contributed by atoms with E-state index in [4.69, 9.17) is 5.73 Å². The topological polar surface area (TPSA) is 43.1 Å². The fourth-order valence-electron chi connectivity index (χ4n) is 0.834. The zero-order valence-electron chi connectivity index (χ0n) is 6.13. The predicted octanol–water partition coefficient (Wildman–Crippen LogP) is 1.79. The Bertz CT molecular complexity index is 303. The van der Waals surface area contributed by atoms with Crippen molar-refractivity contribution in [2.45, 2.75) is 3.92 Å². The zero-order chi connectivity index (χ0) is 9.14. The van der Waals surface area contributed by atoms with Crippen LogP contribution in [0.2, 0.25) is 0 Å². The van der Waals surface area contributed by atoms with Crippen LogP contribution in [0.3, 0.4) is 0 Å². The van der Waals surface area contributed by atoms with E-state index in [2.05, 4.69) is 0 Å². The maximum absolute atomic E-state index is 13.0. The minimum absolute atomic E-state index is 0.339. The van der Waals surface area contributed by atoms with Crippen LogP contribution >= 0.6 is 22.6 Å². The minimum Gasteiger partial charge on any atom is -0.368 e. The van der Waals surface area contributed by atoms with Crippen molar-refractivity contribution in [3.8, 4) is 0 Å². The van der Waals surface area contributed by atoms with Gasteiger partial charge in [0.25, 0.3) is 0 Å². The third-order valence-electron chi connectivity index (χ3n) is 1.43. The summed E-state index contributed by atoms with van der Waals surface area (Å²) >= 11 is 1.81. The fraction of sp³-hybridized carbons (Fsp3) is 0.125. The molecule has 0 aromatic heterocycles. The van der Waals surface area contributed by atoms with Gasteiger partial charge in [0.15, 0.2) is 0 Å². The number of rotatable bonds is 2. The van der Waals surface area contributed by atoms with E-state index in [1.807, 2.05) is 22.6 Å². The first-order valence-electron chi connectivity index (χ1n) is 3.30. The van der Waals surface area contributed by atoms with Crippen molar-refractivity contribution in [3.63, 3.8) is 0 Å². The molecule has 0 aliphatic carbocycles. The lowest BCUT2D eigenvalue weighted by Crippen LogP contribution is -2.17. The van der Waals surface area contributed by atoms with Gasteiger partial charge in [-0.15, -0.1) is 0 Å². The van der Waals surface area contributed by atoms with Crippen LogP contribution < -0.4 is 5.73 Å². The molecule has 0 saturated carbocycles. The molecule has 1 amide bonds. The number of carbonyl (C=O) groups excluding carboxylic acids is 1. The summed E-state index contributed by atoms with van der Waals surface area (Å²) in [6.07, 6.45) is 0. The van der Waals surface area contributed by atoms with Crippen LogP contribution in [-0.2, 0) is 4.79 Å². The van der Waals surface area contributed by atoms with Gasteiger partial charge in [-0.3, -0.25) is 4.79 Å². The highest BCUT2D eigenvalue weighted by Gasteiger charge is 2.16. The van der Waals surface area contributed by atoms with E-state index in [0.29, 0.717) is 5.56 Å². The molecule has 0 fully saturated rings. The van der Waals surface area contributed by atoms with Crippen molar-refractivity contribution in [2.75, 3.05) is 0 Å². The third-order valence-corrected chi connectivity index (χ3v) is 2.71. The lowest BCUT2D eigenvalue weighted by Gasteiger charge is -2.05. The van der Waals surface area contributed by atoms with E-state index in [-0.39, 0.29) is 0 Å². The first-order valence-corrected chi connectivity index (χ1v) is 4.55. The van der Waals surface area contributed by atoms with E-state index >= 15 is 0 Å². The summed E-state index contributed by atoms with van der Waals surface area (Å²) in [5, 5.41) is 0. The second kappa shape index (κ2) is 3.84. The molecule has 0 bridgehead atoms. The molecule has 1 rings (SSSR count). The molecule has 0 spiro atoms. The number of benzene rings is 1. The number of primary amides is 1. The molecule has 4 heteroatoms. The summed E-state index contributed by atoms with van der Waals surface area (Å²) in [5.41, 5.74) is 5.36. The highest BCUT2D eigenvalue weighted by molar-refractivity contribution is 14.1. The Morgan fingerprint density at radius 2 is 2.08 bits per heavy atom. The zero-order valence-corrected chi connectivity index (χ0v) is 8.29. The summed E-state index contributed by atoms with van der Waals surface area (Å²) in [7, 11) is 0. The predicted molar refractivity (Wildman–Crippen MR) is 52.4 cm³/mol. The molecule has 2 nitrogen and oxygen atoms in total. The van der Waals surface area contributed by atoms with E-state index in [1.165, 1.54) is 6.07 Å². The second-order valence-electron chi connectivity index (χ2n) is 2.29. The van der Waals surface area contributed by atoms with E-state index < -0.39 is 15.6 Å². The molecular weight excluding hydrogens is 272 g/mol. The van der Waals surface area contributed by atoms with Crippen molar-refractivity contribution in [1.82, 2.24) is 0 Å². The molecule has 0 heterocycles. The van der Waals surface area contributed by atoms with Gasteiger partial charge in [-0.25, -0.2) is 4.39 Å². The molecule has 1 aromatic carbocycles. The average Bonchev–Trinajstić information content (AvgIpc) is 2.04. The van der Waals surface area contributed by atoms with Crippen LogP contribution in [0.1, 0.15) is 9.49 Å². The Morgan fingerprint density at radius 1 is 1.50 bits per heavy atom. The number of nitrogens with two attached hydrogens (primary N) is 1.